The van der Waals surface area contributed by atoms with Crippen LogP contribution in [0.25, 0.3) is 0 Å². The maximum Gasteiger partial charge on any atom is 0.325 e. The molecule has 2 fully saturated rings. The number of amides is 5. The van der Waals surface area contributed by atoms with E-state index in [1.54, 1.807) is 6.92 Å². The van der Waals surface area contributed by atoms with E-state index < -0.39 is 36.0 Å². The lowest BCUT2D eigenvalue weighted by atomic mass is 9.91. The predicted molar refractivity (Wildman–Crippen MR) is 104 cm³/mol. The lowest BCUT2D eigenvalue weighted by Crippen LogP contribution is -2.52. The molecule has 2 heterocycles. The molecule has 1 aliphatic heterocycles. The van der Waals surface area contributed by atoms with Gasteiger partial charge in [-0.15, -0.1) is 11.3 Å². The number of nitrogens with zero attached hydrogens (tertiary/aromatic N) is 1. The average Bonchev–Trinajstić information content (AvgIpc) is 3.28. The molecule has 0 radical (unpaired) electrons. The summed E-state index contributed by atoms with van der Waals surface area (Å²) >= 11 is 1.42. The monoisotopic (exact) mass is 406 g/mol. The Morgan fingerprint density at radius 2 is 2.07 bits per heavy atom. The molecule has 2 atom stereocenters. The second-order valence-corrected chi connectivity index (χ2v) is 8.51. The van der Waals surface area contributed by atoms with Crippen molar-refractivity contribution in [3.8, 4) is 0 Å². The first-order chi connectivity index (χ1) is 13.3. The number of likely N-dealkylation sites (N-methyl/N-ethyl adjacent to an activating group) is 1. The van der Waals surface area contributed by atoms with Gasteiger partial charge in [-0.2, -0.15) is 0 Å². The van der Waals surface area contributed by atoms with Crippen molar-refractivity contribution in [1.29, 1.82) is 0 Å². The molecule has 8 nitrogen and oxygen atoms in total. The van der Waals surface area contributed by atoms with Crippen molar-refractivity contribution >= 4 is 35.1 Å². The zero-order chi connectivity index (χ0) is 20.5. The summed E-state index contributed by atoms with van der Waals surface area (Å²) in [5.74, 6) is -1.29. The van der Waals surface area contributed by atoms with Crippen LogP contribution in [-0.4, -0.2) is 47.8 Å². The Bertz CT molecular complexity index is 775. The minimum atomic E-state index is -1.07. The van der Waals surface area contributed by atoms with Crippen molar-refractivity contribution in [2.24, 2.45) is 11.8 Å². The van der Waals surface area contributed by atoms with Crippen molar-refractivity contribution in [1.82, 2.24) is 20.9 Å². The quantitative estimate of drug-likeness (QED) is 0.564. The van der Waals surface area contributed by atoms with Crippen molar-refractivity contribution < 1.29 is 19.2 Å². The van der Waals surface area contributed by atoms with Crippen LogP contribution in [0.5, 0.6) is 0 Å². The molecule has 9 heteroatoms. The molecule has 0 spiro atoms. The molecule has 1 aromatic rings. The molecular weight excluding hydrogens is 380 g/mol. The maximum atomic E-state index is 13.2. The van der Waals surface area contributed by atoms with E-state index in [4.69, 9.17) is 0 Å². The summed E-state index contributed by atoms with van der Waals surface area (Å²) in [6.07, 6.45) is 1.72. The van der Waals surface area contributed by atoms with Gasteiger partial charge >= 0.3 is 6.03 Å². The van der Waals surface area contributed by atoms with E-state index in [9.17, 15) is 19.2 Å². The third kappa shape index (κ3) is 3.63. The van der Waals surface area contributed by atoms with Gasteiger partial charge in [0.05, 0.1) is 0 Å². The number of nitrogens with one attached hydrogen (secondary N) is 3. The molecule has 1 aromatic heterocycles. The molecule has 1 unspecified atom stereocenters. The van der Waals surface area contributed by atoms with Gasteiger partial charge in [0.2, 0.25) is 11.8 Å². The van der Waals surface area contributed by atoms with E-state index >= 15 is 0 Å². The van der Waals surface area contributed by atoms with Crippen LogP contribution in [-0.2, 0) is 19.9 Å². The number of urea groups is 1. The van der Waals surface area contributed by atoms with Gasteiger partial charge in [0.15, 0.2) is 5.54 Å². The van der Waals surface area contributed by atoms with Crippen molar-refractivity contribution in [2.75, 3.05) is 13.1 Å². The molecule has 2 aliphatic rings. The smallest absolute Gasteiger partial charge is 0.325 e. The molecule has 5 amide bonds. The molecule has 152 valence electrons. The zero-order valence-electron chi connectivity index (χ0n) is 16.3. The van der Waals surface area contributed by atoms with E-state index in [0.29, 0.717) is 6.54 Å². The second kappa shape index (κ2) is 7.90. The summed E-state index contributed by atoms with van der Waals surface area (Å²) in [4.78, 5) is 52.2. The van der Waals surface area contributed by atoms with E-state index in [-0.39, 0.29) is 17.7 Å². The number of thiophene rings is 1. The summed E-state index contributed by atoms with van der Waals surface area (Å²) in [6, 6.07) is 2.39. The summed E-state index contributed by atoms with van der Waals surface area (Å²) in [5.41, 5.74) is -1.07. The van der Waals surface area contributed by atoms with Gasteiger partial charge in [0, 0.05) is 11.4 Å². The Balaban J connectivity index is 1.74. The topological polar surface area (TPSA) is 108 Å². The normalized spacial score (nSPS) is 22.9. The first-order valence-electron chi connectivity index (χ1n) is 9.56. The van der Waals surface area contributed by atoms with Crippen LogP contribution in [0.15, 0.2) is 17.5 Å². The highest BCUT2D eigenvalue weighted by Gasteiger charge is 2.61. The van der Waals surface area contributed by atoms with Crippen molar-refractivity contribution in [3.63, 3.8) is 0 Å². The van der Waals surface area contributed by atoms with Gasteiger partial charge in [-0.25, -0.2) is 4.79 Å². The van der Waals surface area contributed by atoms with Crippen molar-refractivity contribution in [2.45, 2.75) is 45.2 Å². The van der Waals surface area contributed by atoms with E-state index in [0.717, 1.165) is 22.6 Å². The van der Waals surface area contributed by atoms with E-state index in [1.165, 1.54) is 11.3 Å². The highest BCUT2D eigenvalue weighted by Crippen LogP contribution is 2.50. The third-order valence-electron chi connectivity index (χ3n) is 5.15. The number of imide groups is 1. The Morgan fingerprint density at radius 3 is 2.61 bits per heavy atom. The Labute approximate surface area is 168 Å². The largest absolute Gasteiger partial charge is 0.355 e. The van der Waals surface area contributed by atoms with Crippen LogP contribution in [0, 0.1) is 11.8 Å². The lowest BCUT2D eigenvalue weighted by molar-refractivity contribution is -0.136. The van der Waals surface area contributed by atoms with E-state index in [2.05, 4.69) is 16.0 Å². The summed E-state index contributed by atoms with van der Waals surface area (Å²) < 4.78 is 0. The van der Waals surface area contributed by atoms with Crippen LogP contribution < -0.4 is 16.0 Å². The number of hydrogen-bond acceptors (Lipinski definition) is 5. The molecular formula is C19H26N4O4S. The minimum Gasteiger partial charge on any atom is -0.355 e. The highest BCUT2D eigenvalue weighted by atomic mass is 32.1. The van der Waals surface area contributed by atoms with Crippen LogP contribution >= 0.6 is 11.3 Å². The molecule has 1 saturated heterocycles. The maximum absolute atomic E-state index is 13.2. The molecule has 28 heavy (non-hydrogen) atoms. The highest BCUT2D eigenvalue weighted by molar-refractivity contribution is 7.10. The Kier molecular flexibility index (Phi) is 5.74. The first kappa shape index (κ1) is 20.3. The fourth-order valence-electron chi connectivity index (χ4n) is 3.58. The minimum absolute atomic E-state index is 0.0504. The second-order valence-electron chi connectivity index (χ2n) is 7.56. The molecule has 0 aromatic carbocycles. The Hall–Kier alpha value is -2.42. The first-order valence-corrected chi connectivity index (χ1v) is 10.4. The van der Waals surface area contributed by atoms with Crippen LogP contribution in [0.3, 0.4) is 0 Å². The SMILES string of the molecule is CCNC(=O)[C@@H](NC(=O)CN1C(=O)NC(c2cccs2)(C2CC2)C1=O)C(C)C. The molecule has 0 bridgehead atoms. The number of rotatable bonds is 8. The fraction of sp³-hybridized carbons (Fsp3) is 0.579. The number of carbonyl (C=O) groups is 4. The van der Waals surface area contributed by atoms with Gasteiger partial charge in [-0.3, -0.25) is 19.3 Å². The summed E-state index contributed by atoms with van der Waals surface area (Å²) in [7, 11) is 0. The van der Waals surface area contributed by atoms with Gasteiger partial charge in [-0.05, 0) is 43.0 Å². The molecule has 3 N–H and O–H groups in total. The number of carbonyl (C=O) groups excluding carboxylic acids is 4. The van der Waals surface area contributed by atoms with E-state index in [1.807, 2.05) is 31.4 Å². The van der Waals surface area contributed by atoms with Crippen LogP contribution in [0.1, 0.15) is 38.5 Å². The Morgan fingerprint density at radius 1 is 1.36 bits per heavy atom. The average molecular weight is 407 g/mol. The van der Waals surface area contributed by atoms with Crippen LogP contribution in [0.4, 0.5) is 4.79 Å². The van der Waals surface area contributed by atoms with Gasteiger partial charge < -0.3 is 16.0 Å². The summed E-state index contributed by atoms with van der Waals surface area (Å²) in [5, 5.41) is 10.1. The van der Waals surface area contributed by atoms with Gasteiger partial charge in [-0.1, -0.05) is 19.9 Å². The summed E-state index contributed by atoms with van der Waals surface area (Å²) in [6.45, 7) is 5.49. The van der Waals surface area contributed by atoms with Gasteiger partial charge in [0.1, 0.15) is 12.6 Å². The standard InChI is InChI=1S/C19H26N4O4S/c1-4-20-16(25)15(11(2)3)21-14(24)10-23-17(26)19(12-7-8-12,22-18(23)27)13-6-5-9-28-13/h5-6,9,11-12,15H,4,7-8,10H2,1-3H3,(H,20,25)(H,21,24)(H,22,27)/t15-,19?/m0/s1. The molecule has 1 saturated carbocycles. The van der Waals surface area contributed by atoms with Crippen LogP contribution in [0.2, 0.25) is 0 Å². The fourth-order valence-corrected chi connectivity index (χ4v) is 4.54. The predicted octanol–water partition coefficient (Wildman–Crippen LogP) is 1.18. The zero-order valence-corrected chi connectivity index (χ0v) is 17.1. The van der Waals surface area contributed by atoms with Gasteiger partial charge in [0.25, 0.3) is 5.91 Å². The third-order valence-corrected chi connectivity index (χ3v) is 6.15. The molecule has 1 aliphatic carbocycles. The van der Waals surface area contributed by atoms with Crippen molar-refractivity contribution in [3.05, 3.63) is 22.4 Å². The lowest BCUT2D eigenvalue weighted by Gasteiger charge is -2.26. The number of hydrogen-bond donors (Lipinski definition) is 3. The molecule has 3 rings (SSSR count).